The minimum absolute atomic E-state index is 0.820. The van der Waals surface area contributed by atoms with E-state index in [4.69, 9.17) is 0 Å². The molecule has 4 nitrogen and oxygen atoms in total. The van der Waals surface area contributed by atoms with Gasteiger partial charge in [0.2, 0.25) is 0 Å². The lowest BCUT2D eigenvalue weighted by Crippen LogP contribution is -2.04. The highest BCUT2D eigenvalue weighted by molar-refractivity contribution is 6.10. The van der Waals surface area contributed by atoms with Gasteiger partial charge < -0.3 is 9.13 Å². The molecule has 0 atom stereocenters. The van der Waals surface area contributed by atoms with Crippen molar-refractivity contribution in [2.75, 3.05) is 0 Å². The number of allylic oxidation sites excluding steroid dienone is 8. The van der Waals surface area contributed by atoms with Gasteiger partial charge in [-0.15, -0.1) is 5.73 Å². The van der Waals surface area contributed by atoms with Gasteiger partial charge in [0, 0.05) is 76.3 Å². The number of fused-ring (bicyclic) bond motifs is 6. The predicted molar refractivity (Wildman–Crippen MR) is 182 cm³/mol. The van der Waals surface area contributed by atoms with Crippen LogP contribution in [0.2, 0.25) is 0 Å². The van der Waals surface area contributed by atoms with Crippen molar-refractivity contribution in [1.82, 2.24) is 14.1 Å². The van der Waals surface area contributed by atoms with Gasteiger partial charge in [-0.1, -0.05) is 60.7 Å². The number of pyridine rings is 1. The third-order valence-corrected chi connectivity index (χ3v) is 8.11. The molecule has 208 valence electrons. The SMILES string of the molecule is C=C(C)/C=C(\C=C/Cc1ccc(-n2c3c(c4c2CC=CN=C4)C=CC=C=C3)cc1C)n1c2ccccc2c2cnccc21. The number of nitrogens with zero attached hydrogens (tertiary/aromatic N) is 4. The molecule has 0 fully saturated rings. The van der Waals surface area contributed by atoms with Crippen molar-refractivity contribution >= 4 is 45.9 Å². The summed E-state index contributed by atoms with van der Waals surface area (Å²) >= 11 is 0. The quantitative estimate of drug-likeness (QED) is 0.152. The molecule has 7 rings (SSSR count). The highest BCUT2D eigenvalue weighted by Gasteiger charge is 2.21. The molecule has 5 aromatic rings. The van der Waals surface area contributed by atoms with Gasteiger partial charge in [-0.05, 0) is 73.9 Å². The molecule has 1 aliphatic carbocycles. The summed E-state index contributed by atoms with van der Waals surface area (Å²) in [7, 11) is 0. The van der Waals surface area contributed by atoms with Crippen LogP contribution >= 0.6 is 0 Å². The van der Waals surface area contributed by atoms with E-state index in [1.54, 1.807) is 0 Å². The maximum absolute atomic E-state index is 4.49. The molecule has 0 amide bonds. The zero-order chi connectivity index (χ0) is 29.3. The third kappa shape index (κ3) is 4.78. The Morgan fingerprint density at radius 3 is 2.84 bits per heavy atom. The van der Waals surface area contributed by atoms with E-state index in [1.807, 2.05) is 43.9 Å². The van der Waals surface area contributed by atoms with Crippen LogP contribution in [0.25, 0.3) is 45.3 Å². The minimum Gasteiger partial charge on any atom is -0.312 e. The fourth-order valence-electron chi connectivity index (χ4n) is 6.20. The maximum atomic E-state index is 4.49. The fourth-order valence-corrected chi connectivity index (χ4v) is 6.20. The number of para-hydroxylation sites is 1. The summed E-state index contributed by atoms with van der Waals surface area (Å²) in [5.41, 5.74) is 16.1. The first kappa shape index (κ1) is 26.5. The van der Waals surface area contributed by atoms with Gasteiger partial charge >= 0.3 is 0 Å². The first-order valence-electron chi connectivity index (χ1n) is 14.6. The first-order valence-corrected chi connectivity index (χ1v) is 14.6. The number of rotatable bonds is 6. The van der Waals surface area contributed by atoms with Crippen LogP contribution in [0.3, 0.4) is 0 Å². The van der Waals surface area contributed by atoms with Crippen molar-refractivity contribution in [2.45, 2.75) is 26.7 Å². The monoisotopic (exact) mass is 556 g/mol. The van der Waals surface area contributed by atoms with Crippen molar-refractivity contribution in [3.8, 4) is 5.69 Å². The lowest BCUT2D eigenvalue weighted by molar-refractivity contribution is 0.957. The van der Waals surface area contributed by atoms with Crippen LogP contribution in [0.4, 0.5) is 0 Å². The molecule has 2 aliphatic rings. The Labute approximate surface area is 252 Å². The summed E-state index contributed by atoms with van der Waals surface area (Å²) in [6, 6.07) is 17.4. The molecule has 4 heteroatoms. The summed E-state index contributed by atoms with van der Waals surface area (Å²) in [5, 5.41) is 2.34. The molecule has 43 heavy (non-hydrogen) atoms. The molecule has 3 aromatic heterocycles. The van der Waals surface area contributed by atoms with Crippen LogP contribution in [0, 0.1) is 6.92 Å². The van der Waals surface area contributed by atoms with E-state index in [0.29, 0.717) is 0 Å². The fraction of sp³-hybridized carbons (Fsp3) is 0.103. The number of hydrogen-bond donors (Lipinski definition) is 0. The van der Waals surface area contributed by atoms with Crippen LogP contribution in [0.1, 0.15) is 40.6 Å². The zero-order valence-electron chi connectivity index (χ0n) is 24.5. The standard InChI is InChI=1S/C39H32N4/c1-27(2)23-30(42-37-16-8-7-14-33(37)35-26-41-22-20-39(35)42)12-9-11-29-18-19-31(24-28(29)3)43-36-15-6-4-5-13-32(36)34-25-40-21-10-17-38(34)43/h4-5,7-10,12-16,18-26H,1,11,17H2,2-3H3/b12-9-,30-23+. The topological polar surface area (TPSA) is 35.1 Å². The predicted octanol–water partition coefficient (Wildman–Crippen LogP) is 9.19. The van der Waals surface area contributed by atoms with Crippen molar-refractivity contribution in [3.05, 3.63) is 155 Å². The number of aliphatic imine (C=N–C) groups is 1. The Morgan fingerprint density at radius 2 is 1.95 bits per heavy atom. The smallest absolute Gasteiger partial charge is 0.0615 e. The number of aromatic nitrogens is 3. The Kier molecular flexibility index (Phi) is 6.82. The van der Waals surface area contributed by atoms with Crippen molar-refractivity contribution in [2.24, 2.45) is 4.99 Å². The summed E-state index contributed by atoms with van der Waals surface area (Å²) < 4.78 is 4.67. The second kappa shape index (κ2) is 11.1. The normalized spacial score (nSPS) is 14.0. The lowest BCUT2D eigenvalue weighted by atomic mass is 10.0. The average molecular weight is 557 g/mol. The Bertz CT molecular complexity index is 2090. The third-order valence-electron chi connectivity index (χ3n) is 8.11. The summed E-state index contributed by atoms with van der Waals surface area (Å²) in [6.45, 7) is 8.43. The van der Waals surface area contributed by atoms with E-state index >= 15 is 0 Å². The van der Waals surface area contributed by atoms with Crippen LogP contribution in [0.5, 0.6) is 0 Å². The molecule has 1 aliphatic heterocycles. The Balaban J connectivity index is 1.24. The highest BCUT2D eigenvalue weighted by atomic mass is 15.0. The maximum Gasteiger partial charge on any atom is 0.0615 e. The molecular formula is C39H32N4. The second-order valence-electron chi connectivity index (χ2n) is 11.1. The van der Waals surface area contributed by atoms with Crippen molar-refractivity contribution in [3.63, 3.8) is 0 Å². The van der Waals surface area contributed by atoms with E-state index < -0.39 is 0 Å². The number of hydrogen-bond acceptors (Lipinski definition) is 2. The van der Waals surface area contributed by atoms with E-state index in [2.05, 4.69) is 123 Å². The Morgan fingerprint density at radius 1 is 1.07 bits per heavy atom. The van der Waals surface area contributed by atoms with Crippen LogP contribution in [-0.2, 0) is 12.8 Å². The molecule has 2 aromatic carbocycles. The van der Waals surface area contributed by atoms with E-state index in [0.717, 1.165) is 51.9 Å². The summed E-state index contributed by atoms with van der Waals surface area (Å²) in [5.74, 6) is 0. The van der Waals surface area contributed by atoms with Crippen molar-refractivity contribution in [1.29, 1.82) is 0 Å². The molecule has 0 saturated carbocycles. The van der Waals surface area contributed by atoms with Gasteiger partial charge in [0.15, 0.2) is 0 Å². The van der Waals surface area contributed by atoms with Gasteiger partial charge in [0.25, 0.3) is 0 Å². The van der Waals surface area contributed by atoms with Crippen LogP contribution < -0.4 is 0 Å². The van der Waals surface area contributed by atoms with E-state index in [9.17, 15) is 0 Å². The van der Waals surface area contributed by atoms with Gasteiger partial charge in [-0.25, -0.2) is 0 Å². The molecule has 0 unspecified atom stereocenters. The molecule has 4 heterocycles. The second-order valence-corrected chi connectivity index (χ2v) is 11.1. The molecular weight excluding hydrogens is 524 g/mol. The minimum atomic E-state index is 0.820. The van der Waals surface area contributed by atoms with Gasteiger partial charge in [-0.2, -0.15) is 0 Å². The molecule has 0 saturated heterocycles. The Hall–Kier alpha value is -5.44. The van der Waals surface area contributed by atoms with Crippen molar-refractivity contribution < 1.29 is 0 Å². The molecule has 0 bridgehead atoms. The lowest BCUT2D eigenvalue weighted by Gasteiger charge is -2.14. The highest BCUT2D eigenvalue weighted by Crippen LogP contribution is 2.33. The first-order chi connectivity index (χ1) is 21.1. The van der Waals surface area contributed by atoms with Gasteiger partial charge in [0.05, 0.1) is 16.7 Å². The summed E-state index contributed by atoms with van der Waals surface area (Å²) in [4.78, 5) is 8.89. The zero-order valence-corrected chi connectivity index (χ0v) is 24.5. The van der Waals surface area contributed by atoms with E-state index in [-0.39, 0.29) is 0 Å². The average Bonchev–Trinajstić information content (AvgIpc) is 3.21. The van der Waals surface area contributed by atoms with E-state index in [1.165, 1.54) is 33.3 Å². The van der Waals surface area contributed by atoms with Gasteiger partial charge in [-0.3, -0.25) is 9.98 Å². The largest absolute Gasteiger partial charge is 0.312 e. The van der Waals surface area contributed by atoms with Gasteiger partial charge in [0.1, 0.15) is 0 Å². The molecule has 0 radical (unpaired) electrons. The number of aryl methyl sites for hydroxylation is 1. The number of benzene rings is 2. The van der Waals surface area contributed by atoms with Crippen LogP contribution in [0.15, 0.2) is 126 Å². The molecule has 0 spiro atoms. The molecule has 0 N–H and O–H groups in total. The summed E-state index contributed by atoms with van der Waals surface area (Å²) in [6.07, 6.45) is 26.3. The van der Waals surface area contributed by atoms with Crippen LogP contribution in [-0.4, -0.2) is 20.3 Å².